The molecule has 2 aromatic carbocycles. The number of hydrogen-bond acceptors (Lipinski definition) is 6. The van der Waals surface area contributed by atoms with Crippen LogP contribution in [0.25, 0.3) is 11.0 Å². The fourth-order valence-electron chi connectivity index (χ4n) is 3.15. The molecule has 0 amide bonds. The van der Waals surface area contributed by atoms with E-state index in [1.54, 1.807) is 19.4 Å². The lowest BCUT2D eigenvalue weighted by molar-refractivity contribution is -0.0497. The van der Waals surface area contributed by atoms with E-state index in [4.69, 9.17) is 9.47 Å². The standard InChI is InChI=1S/C23H21F2N3O3S/c1-14-19(26-11-20(29-2)21(14)30-12-15-6-4-3-5-7-15)13-32-23-27-17-9-8-16(31-22(24)25)10-18(17)28-23/h3-11,22H,12-13H2,1-2H3,(H,27,28). The van der Waals surface area contributed by atoms with Gasteiger partial charge in [-0.1, -0.05) is 42.1 Å². The number of H-pyrrole nitrogens is 1. The lowest BCUT2D eigenvalue weighted by atomic mass is 10.2. The molecule has 1 N–H and O–H groups in total. The van der Waals surface area contributed by atoms with Crippen LogP contribution in [0.5, 0.6) is 17.2 Å². The molecule has 6 nitrogen and oxygen atoms in total. The van der Waals surface area contributed by atoms with Gasteiger partial charge >= 0.3 is 6.61 Å². The number of alkyl halides is 2. The summed E-state index contributed by atoms with van der Waals surface area (Å²) < 4.78 is 40.8. The zero-order valence-corrected chi connectivity index (χ0v) is 18.3. The van der Waals surface area contributed by atoms with Gasteiger partial charge in [-0.3, -0.25) is 4.98 Å². The summed E-state index contributed by atoms with van der Waals surface area (Å²) in [5.41, 5.74) is 4.06. The van der Waals surface area contributed by atoms with Gasteiger partial charge in [0.15, 0.2) is 16.7 Å². The molecule has 0 fully saturated rings. The number of methoxy groups -OCH3 is 1. The van der Waals surface area contributed by atoms with Crippen molar-refractivity contribution < 1.29 is 23.0 Å². The minimum Gasteiger partial charge on any atom is -0.491 e. The lowest BCUT2D eigenvalue weighted by Gasteiger charge is -2.15. The van der Waals surface area contributed by atoms with Crippen LogP contribution in [0, 0.1) is 6.92 Å². The Balaban J connectivity index is 1.49. The van der Waals surface area contributed by atoms with E-state index in [0.717, 1.165) is 16.8 Å². The third-order valence-electron chi connectivity index (χ3n) is 4.78. The zero-order chi connectivity index (χ0) is 22.5. The van der Waals surface area contributed by atoms with E-state index in [-0.39, 0.29) is 5.75 Å². The number of aromatic nitrogens is 3. The van der Waals surface area contributed by atoms with Crippen molar-refractivity contribution in [1.29, 1.82) is 0 Å². The molecular formula is C23H21F2N3O3S. The quantitative estimate of drug-likeness (QED) is 0.323. The number of hydrogen-bond donors (Lipinski definition) is 1. The van der Waals surface area contributed by atoms with E-state index in [1.165, 1.54) is 23.9 Å². The van der Waals surface area contributed by atoms with E-state index in [9.17, 15) is 8.78 Å². The maximum Gasteiger partial charge on any atom is 0.387 e. The fraction of sp³-hybridized carbons (Fsp3) is 0.217. The molecule has 0 aliphatic carbocycles. The number of ether oxygens (including phenoxy) is 3. The summed E-state index contributed by atoms with van der Waals surface area (Å²) in [5.74, 6) is 1.85. The molecule has 0 bridgehead atoms. The summed E-state index contributed by atoms with van der Waals surface area (Å²) in [6, 6.07) is 14.5. The Hall–Kier alpha value is -3.33. The first-order valence-electron chi connectivity index (χ1n) is 9.80. The number of halogens is 2. The molecule has 166 valence electrons. The highest BCUT2D eigenvalue weighted by Crippen LogP contribution is 2.34. The molecule has 0 saturated heterocycles. The molecule has 2 heterocycles. The third kappa shape index (κ3) is 5.11. The van der Waals surface area contributed by atoms with Gasteiger partial charge in [-0.05, 0) is 24.6 Å². The molecule has 0 spiro atoms. The summed E-state index contributed by atoms with van der Waals surface area (Å²) in [6.07, 6.45) is 1.65. The SMILES string of the molecule is COc1cnc(CSc2nc3ccc(OC(F)F)cc3[nH]2)c(C)c1OCc1ccccc1. The molecule has 0 unspecified atom stereocenters. The highest BCUT2D eigenvalue weighted by molar-refractivity contribution is 7.98. The molecule has 4 aromatic rings. The molecule has 0 aliphatic rings. The predicted molar refractivity (Wildman–Crippen MR) is 119 cm³/mol. The van der Waals surface area contributed by atoms with Crippen LogP contribution in [0.1, 0.15) is 16.8 Å². The molecule has 32 heavy (non-hydrogen) atoms. The molecule has 4 rings (SSSR count). The summed E-state index contributed by atoms with van der Waals surface area (Å²) >= 11 is 1.46. The molecule has 0 aliphatic heterocycles. The number of aromatic amines is 1. The first-order valence-corrected chi connectivity index (χ1v) is 10.8. The maximum atomic E-state index is 12.4. The number of fused-ring (bicyclic) bond motifs is 1. The van der Waals surface area contributed by atoms with Crippen LogP contribution < -0.4 is 14.2 Å². The Bertz CT molecular complexity index is 1200. The molecule has 0 atom stereocenters. The van der Waals surface area contributed by atoms with Crippen LogP contribution in [0.3, 0.4) is 0 Å². The van der Waals surface area contributed by atoms with Crippen molar-refractivity contribution in [2.24, 2.45) is 0 Å². The van der Waals surface area contributed by atoms with Crippen molar-refractivity contribution in [3.05, 3.63) is 71.5 Å². The van der Waals surface area contributed by atoms with E-state index in [1.807, 2.05) is 37.3 Å². The Labute approximate surface area is 187 Å². The zero-order valence-electron chi connectivity index (χ0n) is 17.5. The molecule has 2 aromatic heterocycles. The van der Waals surface area contributed by atoms with Crippen LogP contribution in [0.2, 0.25) is 0 Å². The van der Waals surface area contributed by atoms with Crippen LogP contribution >= 0.6 is 11.8 Å². The minimum atomic E-state index is -2.87. The Kier molecular flexibility index (Phi) is 6.75. The first kappa shape index (κ1) is 21.9. The van der Waals surface area contributed by atoms with E-state index in [0.29, 0.717) is 40.0 Å². The molecular weight excluding hydrogens is 436 g/mol. The number of thioether (sulfide) groups is 1. The summed E-state index contributed by atoms with van der Waals surface area (Å²) in [7, 11) is 1.58. The van der Waals surface area contributed by atoms with Gasteiger partial charge in [0, 0.05) is 17.4 Å². The third-order valence-corrected chi connectivity index (χ3v) is 5.67. The molecule has 0 radical (unpaired) electrons. The topological polar surface area (TPSA) is 69.3 Å². The number of pyridine rings is 1. The van der Waals surface area contributed by atoms with Gasteiger partial charge in [0.05, 0.1) is 30.0 Å². The van der Waals surface area contributed by atoms with Crippen LogP contribution in [-0.2, 0) is 12.4 Å². The van der Waals surface area contributed by atoms with Crippen molar-refractivity contribution in [2.45, 2.75) is 31.1 Å². The second-order valence-corrected chi connectivity index (χ2v) is 7.85. The number of rotatable bonds is 9. The van der Waals surface area contributed by atoms with E-state index >= 15 is 0 Å². The summed E-state index contributed by atoms with van der Waals surface area (Å²) in [4.78, 5) is 12.1. The van der Waals surface area contributed by atoms with Crippen molar-refractivity contribution in [3.63, 3.8) is 0 Å². The van der Waals surface area contributed by atoms with Crippen molar-refractivity contribution in [1.82, 2.24) is 15.0 Å². The second-order valence-electron chi connectivity index (χ2n) is 6.89. The highest BCUT2D eigenvalue weighted by atomic mass is 32.2. The highest BCUT2D eigenvalue weighted by Gasteiger charge is 2.15. The van der Waals surface area contributed by atoms with Gasteiger partial charge in [0.1, 0.15) is 12.4 Å². The van der Waals surface area contributed by atoms with E-state index in [2.05, 4.69) is 19.7 Å². The van der Waals surface area contributed by atoms with Gasteiger partial charge < -0.3 is 19.2 Å². The summed E-state index contributed by atoms with van der Waals surface area (Å²) in [5, 5.41) is 0.651. The Morgan fingerprint density at radius 2 is 1.94 bits per heavy atom. The monoisotopic (exact) mass is 457 g/mol. The Morgan fingerprint density at radius 3 is 2.69 bits per heavy atom. The van der Waals surface area contributed by atoms with E-state index < -0.39 is 6.61 Å². The van der Waals surface area contributed by atoms with Gasteiger partial charge in [0.2, 0.25) is 0 Å². The predicted octanol–water partition coefficient (Wildman–Crippen LogP) is 5.75. The summed E-state index contributed by atoms with van der Waals surface area (Å²) in [6.45, 7) is -0.508. The number of imidazole rings is 1. The normalized spacial score (nSPS) is 11.2. The molecule has 9 heteroatoms. The van der Waals surface area contributed by atoms with Crippen molar-refractivity contribution in [2.75, 3.05) is 7.11 Å². The fourth-order valence-corrected chi connectivity index (χ4v) is 4.06. The van der Waals surface area contributed by atoms with Gasteiger partial charge in [-0.15, -0.1) is 0 Å². The van der Waals surface area contributed by atoms with Crippen LogP contribution in [-0.4, -0.2) is 28.7 Å². The lowest BCUT2D eigenvalue weighted by Crippen LogP contribution is -2.03. The number of nitrogens with zero attached hydrogens (tertiary/aromatic N) is 2. The average Bonchev–Trinajstić information content (AvgIpc) is 3.19. The van der Waals surface area contributed by atoms with Gasteiger partial charge in [-0.2, -0.15) is 8.78 Å². The average molecular weight is 458 g/mol. The smallest absolute Gasteiger partial charge is 0.387 e. The van der Waals surface area contributed by atoms with Crippen LogP contribution in [0.4, 0.5) is 8.78 Å². The number of benzene rings is 2. The Morgan fingerprint density at radius 1 is 1.12 bits per heavy atom. The second kappa shape index (κ2) is 9.86. The van der Waals surface area contributed by atoms with Crippen LogP contribution in [0.15, 0.2) is 59.9 Å². The molecule has 0 saturated carbocycles. The number of nitrogens with one attached hydrogen (secondary N) is 1. The van der Waals surface area contributed by atoms with Crippen molar-refractivity contribution in [3.8, 4) is 17.2 Å². The van der Waals surface area contributed by atoms with Gasteiger partial charge in [-0.25, -0.2) is 4.98 Å². The first-order chi connectivity index (χ1) is 15.5. The maximum absolute atomic E-state index is 12.4. The van der Waals surface area contributed by atoms with Crippen molar-refractivity contribution >= 4 is 22.8 Å². The van der Waals surface area contributed by atoms with Gasteiger partial charge in [0.25, 0.3) is 0 Å². The minimum absolute atomic E-state index is 0.0839. The largest absolute Gasteiger partial charge is 0.491 e.